The zero-order valence-corrected chi connectivity index (χ0v) is 19.4. The molecule has 168 valence electrons. The van der Waals surface area contributed by atoms with Gasteiger partial charge in [-0.25, -0.2) is 0 Å². The van der Waals surface area contributed by atoms with Gasteiger partial charge in [-0.3, -0.25) is 9.59 Å². The summed E-state index contributed by atoms with van der Waals surface area (Å²) in [5, 5.41) is 3.00. The van der Waals surface area contributed by atoms with Gasteiger partial charge in [0.25, 0.3) is 5.91 Å². The SMILES string of the molecule is CC[C@@H](C(=O)NC(C)(C)C)N(Cc1ccc(C)cc1)C(=O)COc1ccc(OC)cc1. The third-order valence-corrected chi connectivity index (χ3v) is 4.78. The highest BCUT2D eigenvalue weighted by molar-refractivity contribution is 5.88. The van der Waals surface area contributed by atoms with E-state index in [2.05, 4.69) is 5.32 Å². The van der Waals surface area contributed by atoms with E-state index < -0.39 is 6.04 Å². The first-order valence-corrected chi connectivity index (χ1v) is 10.6. The molecule has 0 spiro atoms. The second-order valence-corrected chi connectivity index (χ2v) is 8.63. The second-order valence-electron chi connectivity index (χ2n) is 8.63. The maximum atomic E-state index is 13.2. The highest BCUT2D eigenvalue weighted by atomic mass is 16.5. The predicted octanol–water partition coefficient (Wildman–Crippen LogP) is 4.10. The molecule has 1 N–H and O–H groups in total. The maximum Gasteiger partial charge on any atom is 0.261 e. The van der Waals surface area contributed by atoms with Crippen molar-refractivity contribution in [3.8, 4) is 11.5 Å². The summed E-state index contributed by atoms with van der Waals surface area (Å²) >= 11 is 0. The zero-order chi connectivity index (χ0) is 23.0. The summed E-state index contributed by atoms with van der Waals surface area (Å²) in [6.07, 6.45) is 0.502. The van der Waals surface area contributed by atoms with Gasteiger partial charge >= 0.3 is 0 Å². The Bertz CT molecular complexity index is 855. The number of hydrogen-bond acceptors (Lipinski definition) is 4. The molecule has 0 aliphatic rings. The summed E-state index contributed by atoms with van der Waals surface area (Å²) in [5.74, 6) is 0.869. The Kier molecular flexibility index (Phi) is 8.48. The lowest BCUT2D eigenvalue weighted by Crippen LogP contribution is -2.54. The third kappa shape index (κ3) is 7.63. The molecular formula is C25H34N2O4. The monoisotopic (exact) mass is 426 g/mol. The quantitative estimate of drug-likeness (QED) is 0.655. The number of benzene rings is 2. The number of aryl methyl sites for hydroxylation is 1. The van der Waals surface area contributed by atoms with Crippen LogP contribution in [0.2, 0.25) is 0 Å². The fraction of sp³-hybridized carbons (Fsp3) is 0.440. The van der Waals surface area contributed by atoms with Gasteiger partial charge in [-0.05, 0) is 63.9 Å². The first-order valence-electron chi connectivity index (χ1n) is 10.6. The first-order chi connectivity index (χ1) is 14.6. The van der Waals surface area contributed by atoms with Gasteiger partial charge < -0.3 is 19.7 Å². The van der Waals surface area contributed by atoms with Crippen molar-refractivity contribution in [3.63, 3.8) is 0 Å². The Morgan fingerprint density at radius 2 is 1.58 bits per heavy atom. The molecule has 0 aliphatic heterocycles. The molecule has 0 heterocycles. The van der Waals surface area contributed by atoms with Crippen LogP contribution in [0.15, 0.2) is 48.5 Å². The van der Waals surface area contributed by atoms with Crippen molar-refractivity contribution in [1.29, 1.82) is 0 Å². The molecule has 6 nitrogen and oxygen atoms in total. The van der Waals surface area contributed by atoms with Gasteiger partial charge in [-0.15, -0.1) is 0 Å². The average Bonchev–Trinajstić information content (AvgIpc) is 2.72. The highest BCUT2D eigenvalue weighted by Gasteiger charge is 2.30. The van der Waals surface area contributed by atoms with Gasteiger partial charge in [0.1, 0.15) is 17.5 Å². The van der Waals surface area contributed by atoms with Crippen molar-refractivity contribution in [3.05, 3.63) is 59.7 Å². The molecule has 0 saturated carbocycles. The van der Waals surface area contributed by atoms with Crippen LogP contribution in [0.25, 0.3) is 0 Å². The fourth-order valence-corrected chi connectivity index (χ4v) is 3.16. The van der Waals surface area contributed by atoms with Crippen LogP contribution >= 0.6 is 0 Å². The third-order valence-electron chi connectivity index (χ3n) is 4.78. The van der Waals surface area contributed by atoms with Crippen LogP contribution in [-0.2, 0) is 16.1 Å². The zero-order valence-electron chi connectivity index (χ0n) is 19.4. The Balaban J connectivity index is 2.20. The molecule has 0 unspecified atom stereocenters. The molecule has 6 heteroatoms. The van der Waals surface area contributed by atoms with Crippen LogP contribution in [0.4, 0.5) is 0 Å². The number of amides is 2. The molecule has 2 aromatic rings. The lowest BCUT2D eigenvalue weighted by atomic mass is 10.1. The molecule has 31 heavy (non-hydrogen) atoms. The highest BCUT2D eigenvalue weighted by Crippen LogP contribution is 2.18. The van der Waals surface area contributed by atoms with Gasteiger partial charge in [0.2, 0.25) is 5.91 Å². The summed E-state index contributed by atoms with van der Waals surface area (Å²) < 4.78 is 10.8. The molecule has 1 atom stereocenters. The van der Waals surface area contributed by atoms with E-state index in [4.69, 9.17) is 9.47 Å². The number of nitrogens with zero attached hydrogens (tertiary/aromatic N) is 1. The Labute approximate surface area is 185 Å². The van der Waals surface area contributed by atoms with Crippen molar-refractivity contribution in [1.82, 2.24) is 10.2 Å². The lowest BCUT2D eigenvalue weighted by molar-refractivity contribution is -0.143. The number of methoxy groups -OCH3 is 1. The molecule has 0 bridgehead atoms. The minimum Gasteiger partial charge on any atom is -0.497 e. The number of ether oxygens (including phenoxy) is 2. The van der Waals surface area contributed by atoms with Gasteiger partial charge in [-0.1, -0.05) is 36.8 Å². The van der Waals surface area contributed by atoms with Gasteiger partial charge in [-0.2, -0.15) is 0 Å². The second kappa shape index (κ2) is 10.8. The van der Waals surface area contributed by atoms with Gasteiger partial charge in [0, 0.05) is 12.1 Å². The average molecular weight is 427 g/mol. The van der Waals surface area contributed by atoms with Crippen LogP contribution in [0.1, 0.15) is 45.2 Å². The molecule has 2 aromatic carbocycles. The minimum atomic E-state index is -0.590. The Morgan fingerprint density at radius 3 is 2.10 bits per heavy atom. The van der Waals surface area contributed by atoms with Crippen molar-refractivity contribution >= 4 is 11.8 Å². The van der Waals surface area contributed by atoms with E-state index in [0.29, 0.717) is 24.5 Å². The molecule has 0 fully saturated rings. The van der Waals surface area contributed by atoms with E-state index in [0.717, 1.165) is 11.1 Å². The van der Waals surface area contributed by atoms with Crippen LogP contribution < -0.4 is 14.8 Å². The molecule has 2 amide bonds. The number of nitrogens with one attached hydrogen (secondary N) is 1. The van der Waals surface area contributed by atoms with E-state index in [-0.39, 0.29) is 24.0 Å². The van der Waals surface area contributed by atoms with Crippen LogP contribution in [0, 0.1) is 6.92 Å². The fourth-order valence-electron chi connectivity index (χ4n) is 3.16. The van der Waals surface area contributed by atoms with E-state index >= 15 is 0 Å². The molecule has 2 rings (SSSR count). The summed E-state index contributed by atoms with van der Waals surface area (Å²) in [4.78, 5) is 27.7. The Hall–Kier alpha value is -3.02. The summed E-state index contributed by atoms with van der Waals surface area (Å²) in [6.45, 7) is 9.88. The summed E-state index contributed by atoms with van der Waals surface area (Å²) in [7, 11) is 1.59. The number of carbonyl (C=O) groups excluding carboxylic acids is 2. The lowest BCUT2D eigenvalue weighted by Gasteiger charge is -2.33. The summed E-state index contributed by atoms with van der Waals surface area (Å²) in [6, 6.07) is 14.4. The van der Waals surface area contributed by atoms with Gasteiger partial charge in [0.05, 0.1) is 7.11 Å². The molecule has 0 radical (unpaired) electrons. The predicted molar refractivity (Wildman–Crippen MR) is 122 cm³/mol. The van der Waals surface area contributed by atoms with Crippen LogP contribution in [0.5, 0.6) is 11.5 Å². The van der Waals surface area contributed by atoms with Crippen molar-refractivity contribution in [2.24, 2.45) is 0 Å². The van der Waals surface area contributed by atoms with Crippen LogP contribution in [-0.4, -0.2) is 42.0 Å². The smallest absolute Gasteiger partial charge is 0.261 e. The molecule has 0 aliphatic carbocycles. The van der Waals surface area contributed by atoms with Crippen molar-refractivity contribution in [2.75, 3.05) is 13.7 Å². The topological polar surface area (TPSA) is 67.9 Å². The minimum absolute atomic E-state index is 0.155. The number of carbonyl (C=O) groups is 2. The normalized spacial score (nSPS) is 12.1. The molecular weight excluding hydrogens is 392 g/mol. The standard InChI is InChI=1S/C25H34N2O4/c1-7-22(24(29)26-25(3,4)5)27(16-19-10-8-18(2)9-11-19)23(28)17-31-21-14-12-20(30-6)13-15-21/h8-15,22H,7,16-17H2,1-6H3,(H,26,29)/t22-/m0/s1. The van der Waals surface area contributed by atoms with E-state index in [1.165, 1.54) is 0 Å². The van der Waals surface area contributed by atoms with E-state index in [1.54, 1.807) is 36.3 Å². The number of rotatable bonds is 9. The van der Waals surface area contributed by atoms with E-state index in [9.17, 15) is 9.59 Å². The summed E-state index contributed by atoms with van der Waals surface area (Å²) in [5.41, 5.74) is 1.72. The van der Waals surface area contributed by atoms with Gasteiger partial charge in [0.15, 0.2) is 6.61 Å². The Morgan fingerprint density at radius 1 is 1.00 bits per heavy atom. The van der Waals surface area contributed by atoms with E-state index in [1.807, 2.05) is 58.9 Å². The first kappa shape index (κ1) is 24.3. The molecule has 0 aromatic heterocycles. The number of hydrogen-bond donors (Lipinski definition) is 1. The maximum absolute atomic E-state index is 13.2. The van der Waals surface area contributed by atoms with Crippen molar-refractivity contribution < 1.29 is 19.1 Å². The van der Waals surface area contributed by atoms with Crippen LogP contribution in [0.3, 0.4) is 0 Å². The molecule has 0 saturated heterocycles. The van der Waals surface area contributed by atoms with Crippen molar-refractivity contribution in [2.45, 2.75) is 59.2 Å². The largest absolute Gasteiger partial charge is 0.497 e.